The Bertz CT molecular complexity index is 1350. The van der Waals surface area contributed by atoms with Crippen LogP contribution in [0, 0.1) is 6.92 Å². The maximum absolute atomic E-state index is 13.1. The Balaban J connectivity index is 1.24. The number of aryl methyl sites for hydroxylation is 2. The first-order valence-electron chi connectivity index (χ1n) is 12.6. The van der Waals surface area contributed by atoms with Crippen molar-refractivity contribution in [3.05, 3.63) is 82.3 Å². The van der Waals surface area contributed by atoms with Gasteiger partial charge in [-0.2, -0.15) is 0 Å². The second-order valence-electron chi connectivity index (χ2n) is 9.43. The largest absolute Gasteiger partial charge is 0.495 e. The number of anilines is 1. The van der Waals surface area contributed by atoms with Crippen LogP contribution in [-0.2, 0) is 11.2 Å². The van der Waals surface area contributed by atoms with Gasteiger partial charge in [0.25, 0.3) is 0 Å². The number of piperazine rings is 1. The van der Waals surface area contributed by atoms with Crippen LogP contribution in [0.3, 0.4) is 0 Å². The van der Waals surface area contributed by atoms with E-state index in [9.17, 15) is 4.79 Å². The average molecular weight is 547 g/mol. The van der Waals surface area contributed by atoms with E-state index in [2.05, 4.69) is 81.3 Å². The minimum absolute atomic E-state index is 0.246. The van der Waals surface area contributed by atoms with Crippen molar-refractivity contribution in [1.82, 2.24) is 9.88 Å². The van der Waals surface area contributed by atoms with E-state index in [1.54, 1.807) is 7.11 Å². The van der Waals surface area contributed by atoms with Gasteiger partial charge in [0.1, 0.15) is 5.75 Å². The summed E-state index contributed by atoms with van der Waals surface area (Å²) in [7, 11) is 1.70. The maximum atomic E-state index is 13.1. The third-order valence-corrected chi connectivity index (χ3v) is 7.60. The quantitative estimate of drug-likeness (QED) is 0.285. The van der Waals surface area contributed by atoms with Crippen LogP contribution in [0.4, 0.5) is 5.69 Å². The second-order valence-corrected chi connectivity index (χ2v) is 10.3. The number of nitrogens with zero attached hydrogens (tertiary/aromatic N) is 2. The highest BCUT2D eigenvalue weighted by atomic mass is 79.9. The lowest BCUT2D eigenvalue weighted by Gasteiger charge is -2.36. The Labute approximate surface area is 221 Å². The third kappa shape index (κ3) is 5.14. The number of aromatic nitrogens is 1. The van der Waals surface area contributed by atoms with Crippen molar-refractivity contribution >= 4 is 38.4 Å². The fourth-order valence-corrected chi connectivity index (χ4v) is 5.41. The summed E-state index contributed by atoms with van der Waals surface area (Å²) in [5.74, 6) is 1.13. The summed E-state index contributed by atoms with van der Waals surface area (Å²) in [5.41, 5.74) is 7.11. The molecule has 0 saturated carbocycles. The molecule has 1 aromatic heterocycles. The van der Waals surface area contributed by atoms with E-state index in [0.717, 1.165) is 66.1 Å². The van der Waals surface area contributed by atoms with Crippen LogP contribution < -0.4 is 9.64 Å². The van der Waals surface area contributed by atoms with Crippen molar-refractivity contribution < 1.29 is 9.53 Å². The monoisotopic (exact) mass is 545 g/mol. The minimum atomic E-state index is 0.246. The molecular formula is C30H32BrN3O2. The summed E-state index contributed by atoms with van der Waals surface area (Å²) in [6.45, 7) is 5.26. The molecule has 1 aliphatic rings. The van der Waals surface area contributed by atoms with E-state index in [1.165, 1.54) is 22.1 Å². The van der Waals surface area contributed by atoms with Gasteiger partial charge in [-0.3, -0.25) is 4.79 Å². The molecule has 1 N–H and O–H groups in total. The van der Waals surface area contributed by atoms with Crippen molar-refractivity contribution in [3.63, 3.8) is 0 Å². The highest BCUT2D eigenvalue weighted by molar-refractivity contribution is 9.10. The van der Waals surface area contributed by atoms with Crippen LogP contribution in [0.5, 0.6) is 5.75 Å². The number of fused-ring (bicyclic) bond motifs is 1. The molecule has 1 fully saturated rings. The van der Waals surface area contributed by atoms with Gasteiger partial charge in [-0.1, -0.05) is 51.8 Å². The molecule has 0 radical (unpaired) electrons. The van der Waals surface area contributed by atoms with Crippen molar-refractivity contribution in [2.75, 3.05) is 38.2 Å². The first-order valence-corrected chi connectivity index (χ1v) is 13.4. The van der Waals surface area contributed by atoms with Gasteiger partial charge in [-0.15, -0.1) is 0 Å². The van der Waals surface area contributed by atoms with Crippen LogP contribution in [0.15, 0.2) is 71.2 Å². The van der Waals surface area contributed by atoms with Gasteiger partial charge in [0.05, 0.1) is 12.8 Å². The number of aromatic amines is 1. The van der Waals surface area contributed by atoms with Gasteiger partial charge >= 0.3 is 0 Å². The molecule has 0 aliphatic carbocycles. The Hall–Kier alpha value is -3.25. The molecule has 5 nitrogen and oxygen atoms in total. The predicted molar refractivity (Wildman–Crippen MR) is 151 cm³/mol. The van der Waals surface area contributed by atoms with Crippen LogP contribution in [-0.4, -0.2) is 49.1 Å². The molecule has 2 heterocycles. The summed E-state index contributed by atoms with van der Waals surface area (Å²) < 4.78 is 6.59. The molecule has 3 aromatic carbocycles. The number of para-hydroxylation sites is 2. The third-order valence-electron chi connectivity index (χ3n) is 7.07. The summed E-state index contributed by atoms with van der Waals surface area (Å²) in [5, 5.41) is 1.26. The summed E-state index contributed by atoms with van der Waals surface area (Å²) in [6.07, 6.45) is 2.25. The molecule has 36 heavy (non-hydrogen) atoms. The summed E-state index contributed by atoms with van der Waals surface area (Å²) in [6, 6.07) is 23.1. The number of hydrogen-bond donors (Lipinski definition) is 1. The fraction of sp³-hybridized carbons (Fsp3) is 0.300. The zero-order chi connectivity index (χ0) is 25.1. The molecule has 0 bridgehead atoms. The SMILES string of the molecule is COc1ccccc1N1CCN(C(=O)CCCc2c(-c3ccc(Br)cc3)[nH]c3ccc(C)cc23)CC1. The van der Waals surface area contributed by atoms with Crippen molar-refractivity contribution in [3.8, 4) is 17.0 Å². The Kier molecular flexibility index (Phi) is 7.33. The zero-order valence-electron chi connectivity index (χ0n) is 20.9. The number of methoxy groups -OCH3 is 1. The van der Waals surface area contributed by atoms with Gasteiger partial charge in [0.2, 0.25) is 5.91 Å². The normalized spacial score (nSPS) is 13.9. The highest BCUT2D eigenvalue weighted by Gasteiger charge is 2.23. The first-order chi connectivity index (χ1) is 17.5. The van der Waals surface area contributed by atoms with Gasteiger partial charge in [0.15, 0.2) is 0 Å². The Morgan fingerprint density at radius 2 is 1.75 bits per heavy atom. The lowest BCUT2D eigenvalue weighted by Crippen LogP contribution is -2.48. The van der Waals surface area contributed by atoms with Gasteiger partial charge in [-0.25, -0.2) is 0 Å². The number of nitrogens with one attached hydrogen (secondary N) is 1. The van der Waals surface area contributed by atoms with Gasteiger partial charge < -0.3 is 19.5 Å². The molecule has 1 amide bonds. The zero-order valence-corrected chi connectivity index (χ0v) is 22.5. The average Bonchev–Trinajstić information content (AvgIpc) is 3.26. The number of halogens is 1. The molecule has 0 unspecified atom stereocenters. The molecular weight excluding hydrogens is 514 g/mol. The van der Waals surface area contributed by atoms with Crippen LogP contribution in [0.2, 0.25) is 0 Å². The Morgan fingerprint density at radius 3 is 2.50 bits per heavy atom. The number of rotatable bonds is 7. The molecule has 0 atom stereocenters. The summed E-state index contributed by atoms with van der Waals surface area (Å²) >= 11 is 3.54. The van der Waals surface area contributed by atoms with Crippen LogP contribution >= 0.6 is 15.9 Å². The number of amides is 1. The first kappa shape index (κ1) is 24.4. The fourth-order valence-electron chi connectivity index (χ4n) is 5.15. The molecule has 6 heteroatoms. The van der Waals surface area contributed by atoms with E-state index in [0.29, 0.717) is 6.42 Å². The Morgan fingerprint density at radius 1 is 1.00 bits per heavy atom. The van der Waals surface area contributed by atoms with Crippen molar-refractivity contribution in [1.29, 1.82) is 0 Å². The van der Waals surface area contributed by atoms with Gasteiger partial charge in [0, 0.05) is 53.7 Å². The standard InChI is InChI=1S/C30H32BrN3O2/c1-21-10-15-26-25(20-21)24(30(32-26)22-11-13-23(31)14-12-22)6-5-9-29(35)34-18-16-33(17-19-34)27-7-3-4-8-28(27)36-2/h3-4,7-8,10-15,20,32H,5-6,9,16-19H2,1-2H3. The maximum Gasteiger partial charge on any atom is 0.222 e. The highest BCUT2D eigenvalue weighted by Crippen LogP contribution is 2.33. The number of H-pyrrole nitrogens is 1. The number of carbonyl (C=O) groups excluding carboxylic acids is 1. The number of benzene rings is 3. The van der Waals surface area contributed by atoms with Crippen molar-refractivity contribution in [2.45, 2.75) is 26.2 Å². The van der Waals surface area contributed by atoms with E-state index in [4.69, 9.17) is 4.74 Å². The van der Waals surface area contributed by atoms with Crippen molar-refractivity contribution in [2.24, 2.45) is 0 Å². The van der Waals surface area contributed by atoms with E-state index < -0.39 is 0 Å². The van der Waals surface area contributed by atoms with Gasteiger partial charge in [-0.05, 0) is 67.3 Å². The molecule has 1 saturated heterocycles. The second kappa shape index (κ2) is 10.8. The smallest absolute Gasteiger partial charge is 0.222 e. The molecule has 4 aromatic rings. The van der Waals surface area contributed by atoms with Crippen LogP contribution in [0.25, 0.3) is 22.2 Å². The topological polar surface area (TPSA) is 48.6 Å². The molecule has 1 aliphatic heterocycles. The van der Waals surface area contributed by atoms with E-state index in [-0.39, 0.29) is 5.91 Å². The van der Waals surface area contributed by atoms with Crippen LogP contribution in [0.1, 0.15) is 24.0 Å². The number of hydrogen-bond acceptors (Lipinski definition) is 3. The van der Waals surface area contributed by atoms with E-state index in [1.807, 2.05) is 23.1 Å². The van der Waals surface area contributed by atoms with E-state index >= 15 is 0 Å². The molecule has 5 rings (SSSR count). The summed E-state index contributed by atoms with van der Waals surface area (Å²) in [4.78, 5) is 21.0. The number of ether oxygens (including phenoxy) is 1. The minimum Gasteiger partial charge on any atom is -0.495 e. The molecule has 186 valence electrons. The molecule has 0 spiro atoms. The lowest BCUT2D eigenvalue weighted by atomic mass is 9.99. The number of carbonyl (C=O) groups is 1. The predicted octanol–water partition coefficient (Wildman–Crippen LogP) is 6.59. The lowest BCUT2D eigenvalue weighted by molar-refractivity contribution is -0.131.